The molecule has 0 radical (unpaired) electrons. The summed E-state index contributed by atoms with van der Waals surface area (Å²) < 4.78 is 0. The lowest BCUT2D eigenvalue weighted by Crippen LogP contribution is -1.68. The smallest absolute Gasteiger partial charge is 0.0161 e. The van der Waals surface area contributed by atoms with E-state index in [1.807, 2.05) is 0 Å². The van der Waals surface area contributed by atoms with Gasteiger partial charge in [-0.1, -0.05) is 37.3 Å². The highest BCUT2D eigenvalue weighted by Gasteiger charge is 2.30. The van der Waals surface area contributed by atoms with Crippen molar-refractivity contribution in [1.29, 1.82) is 0 Å². The van der Waals surface area contributed by atoms with Crippen molar-refractivity contribution < 1.29 is 0 Å². The Kier molecular flexibility index (Phi) is 3.15. The number of rotatable bonds is 4. The van der Waals surface area contributed by atoms with Crippen LogP contribution in [-0.4, -0.2) is 0 Å². The van der Waals surface area contributed by atoms with Crippen molar-refractivity contribution in [1.82, 2.24) is 0 Å². The van der Waals surface area contributed by atoms with E-state index < -0.39 is 0 Å². The van der Waals surface area contributed by atoms with Gasteiger partial charge in [-0.3, -0.25) is 0 Å². The Morgan fingerprint density at radius 2 is 2.18 bits per heavy atom. The number of hydrogen-bond acceptors (Lipinski definition) is 0. The normalized spacial score (nSPS) is 29.9. The van der Waals surface area contributed by atoms with Crippen LogP contribution in [0.15, 0.2) is 37.0 Å². The first-order valence-electron chi connectivity index (χ1n) is 4.34. The Bertz CT molecular complexity index is 174. The summed E-state index contributed by atoms with van der Waals surface area (Å²) in [6.45, 7) is 5.91. The molecular formula is C11H16. The van der Waals surface area contributed by atoms with Crippen LogP contribution in [-0.2, 0) is 0 Å². The van der Waals surface area contributed by atoms with Crippen LogP contribution in [0.4, 0.5) is 0 Å². The van der Waals surface area contributed by atoms with Crippen LogP contribution < -0.4 is 0 Å². The molecule has 1 aliphatic carbocycles. The molecule has 1 fully saturated rings. The third kappa shape index (κ3) is 2.75. The van der Waals surface area contributed by atoms with Gasteiger partial charge in [0.2, 0.25) is 0 Å². The van der Waals surface area contributed by atoms with Crippen molar-refractivity contribution >= 4 is 0 Å². The zero-order chi connectivity index (χ0) is 8.10. The van der Waals surface area contributed by atoms with Crippen LogP contribution in [0, 0.1) is 11.8 Å². The van der Waals surface area contributed by atoms with E-state index in [1.54, 1.807) is 0 Å². The summed E-state index contributed by atoms with van der Waals surface area (Å²) in [5, 5.41) is 0. The molecule has 0 aromatic heterocycles. The van der Waals surface area contributed by atoms with E-state index in [4.69, 9.17) is 0 Å². The molecule has 60 valence electrons. The minimum atomic E-state index is 0.765. The van der Waals surface area contributed by atoms with Crippen molar-refractivity contribution in [2.75, 3.05) is 0 Å². The Morgan fingerprint density at radius 3 is 2.73 bits per heavy atom. The summed E-state index contributed by atoms with van der Waals surface area (Å²) in [5.41, 5.74) is 0. The molecule has 0 aromatic carbocycles. The maximum atomic E-state index is 3.77. The fraction of sp³-hybridized carbons (Fsp3) is 0.455. The molecular weight excluding hydrogens is 132 g/mol. The zero-order valence-electron chi connectivity index (χ0n) is 7.16. The minimum absolute atomic E-state index is 0.765. The van der Waals surface area contributed by atoms with Gasteiger partial charge in [-0.15, -0.1) is 6.58 Å². The predicted molar refractivity (Wildman–Crippen MR) is 50.4 cm³/mol. The van der Waals surface area contributed by atoms with Gasteiger partial charge in [0, 0.05) is 0 Å². The van der Waals surface area contributed by atoms with E-state index in [9.17, 15) is 0 Å². The fourth-order valence-electron chi connectivity index (χ4n) is 1.15. The first-order chi connectivity index (χ1) is 5.38. The molecule has 1 saturated carbocycles. The first-order valence-corrected chi connectivity index (χ1v) is 4.34. The molecule has 0 nitrogen and oxygen atoms in total. The second-order valence-corrected chi connectivity index (χ2v) is 3.02. The topological polar surface area (TPSA) is 0 Å². The van der Waals surface area contributed by atoms with Gasteiger partial charge in [-0.05, 0) is 24.7 Å². The van der Waals surface area contributed by atoms with Crippen molar-refractivity contribution in [2.24, 2.45) is 11.8 Å². The SMILES string of the molecule is C=C[C@H]1C[C@@H]1/C=C/C=C\CC. The van der Waals surface area contributed by atoms with Gasteiger partial charge in [-0.25, -0.2) is 0 Å². The van der Waals surface area contributed by atoms with E-state index in [-0.39, 0.29) is 0 Å². The first kappa shape index (κ1) is 8.32. The van der Waals surface area contributed by atoms with Crippen molar-refractivity contribution in [3.05, 3.63) is 37.0 Å². The lowest BCUT2D eigenvalue weighted by molar-refractivity contribution is 0.998. The Morgan fingerprint density at radius 1 is 1.36 bits per heavy atom. The van der Waals surface area contributed by atoms with Crippen LogP contribution in [0.5, 0.6) is 0 Å². The van der Waals surface area contributed by atoms with E-state index in [0.29, 0.717) is 0 Å². The summed E-state index contributed by atoms with van der Waals surface area (Å²) in [5.74, 6) is 1.55. The number of hydrogen-bond donors (Lipinski definition) is 0. The monoisotopic (exact) mass is 148 g/mol. The van der Waals surface area contributed by atoms with Crippen LogP contribution in [0.25, 0.3) is 0 Å². The zero-order valence-corrected chi connectivity index (χ0v) is 7.16. The van der Waals surface area contributed by atoms with Crippen LogP contribution >= 0.6 is 0 Å². The third-order valence-electron chi connectivity index (χ3n) is 2.04. The van der Waals surface area contributed by atoms with Gasteiger partial charge >= 0.3 is 0 Å². The molecule has 0 aliphatic heterocycles. The van der Waals surface area contributed by atoms with Gasteiger partial charge in [0.15, 0.2) is 0 Å². The van der Waals surface area contributed by atoms with Crippen molar-refractivity contribution in [3.8, 4) is 0 Å². The fourth-order valence-corrected chi connectivity index (χ4v) is 1.15. The molecule has 0 heterocycles. The Hall–Kier alpha value is -0.780. The van der Waals surface area contributed by atoms with Gasteiger partial charge in [0.25, 0.3) is 0 Å². The molecule has 0 N–H and O–H groups in total. The number of allylic oxidation sites excluding steroid dienone is 5. The summed E-state index contributed by atoms with van der Waals surface area (Å²) >= 11 is 0. The average molecular weight is 148 g/mol. The highest BCUT2D eigenvalue weighted by atomic mass is 14.3. The molecule has 0 amide bonds. The Labute approximate surface area is 69.3 Å². The van der Waals surface area contributed by atoms with Gasteiger partial charge in [0.05, 0.1) is 0 Å². The quantitative estimate of drug-likeness (QED) is 0.424. The standard InChI is InChI=1S/C11H16/c1-3-5-6-7-8-11-9-10(11)4-2/h4-8,10-11H,2-3,9H2,1H3/b6-5-,8-7+/t10-,11-/m0/s1. The molecule has 1 aliphatic rings. The second kappa shape index (κ2) is 4.17. The van der Waals surface area contributed by atoms with Crippen LogP contribution in [0.3, 0.4) is 0 Å². The predicted octanol–water partition coefficient (Wildman–Crippen LogP) is 3.33. The molecule has 0 bridgehead atoms. The van der Waals surface area contributed by atoms with Crippen LogP contribution in [0.2, 0.25) is 0 Å². The molecule has 0 spiro atoms. The molecule has 11 heavy (non-hydrogen) atoms. The van der Waals surface area contributed by atoms with Gasteiger partial charge < -0.3 is 0 Å². The van der Waals surface area contributed by atoms with Crippen molar-refractivity contribution in [3.63, 3.8) is 0 Å². The summed E-state index contributed by atoms with van der Waals surface area (Å²) in [6, 6.07) is 0. The van der Waals surface area contributed by atoms with Crippen molar-refractivity contribution in [2.45, 2.75) is 19.8 Å². The molecule has 0 aromatic rings. The Balaban J connectivity index is 2.17. The van der Waals surface area contributed by atoms with Gasteiger partial charge in [0.1, 0.15) is 0 Å². The second-order valence-electron chi connectivity index (χ2n) is 3.02. The minimum Gasteiger partial charge on any atom is -0.103 e. The highest BCUT2D eigenvalue weighted by molar-refractivity contribution is 5.13. The molecule has 0 unspecified atom stereocenters. The molecule has 2 atom stereocenters. The summed E-state index contributed by atoms with van der Waals surface area (Å²) in [7, 11) is 0. The van der Waals surface area contributed by atoms with E-state index >= 15 is 0 Å². The summed E-state index contributed by atoms with van der Waals surface area (Å²) in [4.78, 5) is 0. The average Bonchev–Trinajstić information content (AvgIpc) is 2.77. The molecule has 0 saturated heterocycles. The summed E-state index contributed by atoms with van der Waals surface area (Å²) in [6.07, 6.45) is 13.2. The lowest BCUT2D eigenvalue weighted by Gasteiger charge is -1.80. The maximum Gasteiger partial charge on any atom is -0.0161 e. The van der Waals surface area contributed by atoms with E-state index in [0.717, 1.165) is 18.3 Å². The maximum absolute atomic E-state index is 3.77. The van der Waals surface area contributed by atoms with Crippen LogP contribution in [0.1, 0.15) is 19.8 Å². The molecule has 1 rings (SSSR count). The largest absolute Gasteiger partial charge is 0.103 e. The van der Waals surface area contributed by atoms with E-state index in [1.165, 1.54) is 6.42 Å². The lowest BCUT2D eigenvalue weighted by atomic mass is 10.3. The highest BCUT2D eigenvalue weighted by Crippen LogP contribution is 2.40. The molecule has 0 heteroatoms. The van der Waals surface area contributed by atoms with Gasteiger partial charge in [-0.2, -0.15) is 0 Å². The third-order valence-corrected chi connectivity index (χ3v) is 2.04. The van der Waals surface area contributed by atoms with E-state index in [2.05, 4.69) is 43.9 Å².